The lowest BCUT2D eigenvalue weighted by Crippen LogP contribution is -2.07. The van der Waals surface area contributed by atoms with Crippen LogP contribution in [0.5, 0.6) is 5.75 Å². The van der Waals surface area contributed by atoms with Gasteiger partial charge in [-0.2, -0.15) is 0 Å². The molecule has 0 spiro atoms. The Morgan fingerprint density at radius 2 is 1.50 bits per heavy atom. The molecule has 116 valence electrons. The van der Waals surface area contributed by atoms with E-state index in [0.717, 1.165) is 16.8 Å². The molecule has 0 unspecified atom stereocenters. The van der Waals surface area contributed by atoms with Gasteiger partial charge >= 0.3 is 5.97 Å². The topological polar surface area (TPSA) is 42.1 Å². The summed E-state index contributed by atoms with van der Waals surface area (Å²) in [4.78, 5) is 15.4. The second-order valence-corrected chi connectivity index (χ2v) is 5.55. The molecule has 0 aliphatic heterocycles. The Morgan fingerprint density at radius 3 is 2.25 bits per heavy atom. The number of hydrogen-bond acceptors (Lipinski definition) is 2. The second kappa shape index (κ2) is 6.05. The Bertz CT molecular complexity index is 952. The maximum Gasteiger partial charge on any atom is 0.343 e. The van der Waals surface area contributed by atoms with Gasteiger partial charge in [0.1, 0.15) is 5.75 Å². The van der Waals surface area contributed by atoms with Crippen molar-refractivity contribution in [2.75, 3.05) is 0 Å². The number of para-hydroxylation sites is 1. The highest BCUT2D eigenvalue weighted by atomic mass is 16.5. The van der Waals surface area contributed by atoms with Gasteiger partial charge in [0.2, 0.25) is 0 Å². The number of benzene rings is 3. The van der Waals surface area contributed by atoms with Crippen LogP contribution in [0.15, 0.2) is 84.9 Å². The standard InChI is InChI=1S/C21H15NO2/c23-21(16-6-2-1-3-7-16)24-18-12-10-15(11-13-18)20-14-17-8-4-5-9-19(17)22-20/h1-14,22H. The van der Waals surface area contributed by atoms with Gasteiger partial charge in [-0.15, -0.1) is 0 Å². The quantitative estimate of drug-likeness (QED) is 0.424. The average Bonchev–Trinajstić information content (AvgIpc) is 3.07. The first-order chi connectivity index (χ1) is 11.8. The molecule has 3 heteroatoms. The molecule has 0 atom stereocenters. The minimum absolute atomic E-state index is 0.353. The van der Waals surface area contributed by atoms with Crippen LogP contribution >= 0.6 is 0 Å². The highest BCUT2D eigenvalue weighted by molar-refractivity contribution is 5.91. The van der Waals surface area contributed by atoms with Crippen LogP contribution in [-0.4, -0.2) is 11.0 Å². The van der Waals surface area contributed by atoms with Crippen LogP contribution in [0.1, 0.15) is 10.4 Å². The molecule has 0 saturated heterocycles. The summed E-state index contributed by atoms with van der Waals surface area (Å²) in [5, 5.41) is 1.17. The monoisotopic (exact) mass is 313 g/mol. The Hall–Kier alpha value is -3.33. The molecule has 0 bridgehead atoms. The van der Waals surface area contributed by atoms with Crippen LogP contribution in [0, 0.1) is 0 Å². The molecule has 1 aromatic heterocycles. The number of carbonyl (C=O) groups is 1. The van der Waals surface area contributed by atoms with Crippen LogP contribution < -0.4 is 4.74 Å². The SMILES string of the molecule is O=C(Oc1ccc(-c2cc3ccccc3[nH]2)cc1)c1ccccc1. The number of esters is 1. The third kappa shape index (κ3) is 2.79. The zero-order valence-electron chi connectivity index (χ0n) is 12.9. The Kier molecular flexibility index (Phi) is 3.60. The fourth-order valence-corrected chi connectivity index (χ4v) is 2.67. The summed E-state index contributed by atoms with van der Waals surface area (Å²) in [5.74, 6) is 0.178. The van der Waals surface area contributed by atoms with Crippen molar-refractivity contribution >= 4 is 16.9 Å². The highest BCUT2D eigenvalue weighted by Crippen LogP contribution is 2.26. The van der Waals surface area contributed by atoms with Gasteiger partial charge in [-0.3, -0.25) is 0 Å². The minimum atomic E-state index is -0.353. The van der Waals surface area contributed by atoms with E-state index in [9.17, 15) is 4.79 Å². The van der Waals surface area contributed by atoms with Gasteiger partial charge < -0.3 is 9.72 Å². The first kappa shape index (κ1) is 14.3. The van der Waals surface area contributed by atoms with E-state index in [1.807, 2.05) is 54.6 Å². The molecule has 1 heterocycles. The van der Waals surface area contributed by atoms with Gasteiger partial charge in [0, 0.05) is 16.6 Å². The smallest absolute Gasteiger partial charge is 0.343 e. The van der Waals surface area contributed by atoms with Crippen molar-refractivity contribution in [2.24, 2.45) is 0 Å². The fourth-order valence-electron chi connectivity index (χ4n) is 2.67. The largest absolute Gasteiger partial charge is 0.423 e. The lowest BCUT2D eigenvalue weighted by atomic mass is 10.1. The molecule has 3 aromatic carbocycles. The summed E-state index contributed by atoms with van der Waals surface area (Å²) in [6.07, 6.45) is 0. The molecule has 0 amide bonds. The molecule has 0 aliphatic rings. The van der Waals surface area contributed by atoms with Gasteiger partial charge in [-0.05, 0) is 54.1 Å². The Morgan fingerprint density at radius 1 is 0.792 bits per heavy atom. The van der Waals surface area contributed by atoms with E-state index in [1.54, 1.807) is 12.1 Å². The van der Waals surface area contributed by atoms with Crippen LogP contribution in [-0.2, 0) is 0 Å². The number of nitrogens with one attached hydrogen (secondary N) is 1. The van der Waals surface area contributed by atoms with E-state index >= 15 is 0 Å². The maximum atomic E-state index is 12.1. The van der Waals surface area contributed by atoms with Crippen molar-refractivity contribution < 1.29 is 9.53 Å². The third-order valence-corrected chi connectivity index (χ3v) is 3.92. The molecule has 24 heavy (non-hydrogen) atoms. The van der Waals surface area contributed by atoms with E-state index in [0.29, 0.717) is 11.3 Å². The van der Waals surface area contributed by atoms with Crippen LogP contribution in [0.25, 0.3) is 22.2 Å². The minimum Gasteiger partial charge on any atom is -0.423 e. The number of aromatic amines is 1. The van der Waals surface area contributed by atoms with Crippen molar-refractivity contribution in [2.45, 2.75) is 0 Å². The fraction of sp³-hybridized carbons (Fsp3) is 0. The predicted molar refractivity (Wildman–Crippen MR) is 95.1 cm³/mol. The van der Waals surface area contributed by atoms with Crippen LogP contribution in [0.3, 0.4) is 0 Å². The van der Waals surface area contributed by atoms with Gasteiger partial charge in [-0.1, -0.05) is 36.4 Å². The lowest BCUT2D eigenvalue weighted by Gasteiger charge is -2.05. The molecule has 3 nitrogen and oxygen atoms in total. The summed E-state index contributed by atoms with van der Waals surface area (Å²) >= 11 is 0. The molecule has 4 aromatic rings. The Balaban J connectivity index is 1.55. The first-order valence-electron chi connectivity index (χ1n) is 7.75. The first-order valence-corrected chi connectivity index (χ1v) is 7.75. The predicted octanol–water partition coefficient (Wildman–Crippen LogP) is 5.05. The van der Waals surface area contributed by atoms with Gasteiger partial charge in [0.25, 0.3) is 0 Å². The number of fused-ring (bicyclic) bond motifs is 1. The van der Waals surface area contributed by atoms with E-state index in [2.05, 4.69) is 23.2 Å². The Labute approximate surface area is 139 Å². The van der Waals surface area contributed by atoms with E-state index in [4.69, 9.17) is 4.74 Å². The van der Waals surface area contributed by atoms with E-state index in [1.165, 1.54) is 5.39 Å². The zero-order chi connectivity index (χ0) is 16.4. The van der Waals surface area contributed by atoms with Gasteiger partial charge in [-0.25, -0.2) is 4.79 Å². The number of ether oxygens (including phenoxy) is 1. The molecule has 0 aliphatic carbocycles. The molecule has 1 N–H and O–H groups in total. The van der Waals surface area contributed by atoms with Crippen molar-refractivity contribution in [1.29, 1.82) is 0 Å². The van der Waals surface area contributed by atoms with E-state index < -0.39 is 0 Å². The number of aromatic nitrogens is 1. The zero-order valence-corrected chi connectivity index (χ0v) is 12.9. The number of H-pyrrole nitrogens is 1. The summed E-state index contributed by atoms with van der Waals surface area (Å²) in [7, 11) is 0. The molecule has 0 fully saturated rings. The number of hydrogen-bond donors (Lipinski definition) is 1. The van der Waals surface area contributed by atoms with E-state index in [-0.39, 0.29) is 5.97 Å². The van der Waals surface area contributed by atoms with Crippen LogP contribution in [0.4, 0.5) is 0 Å². The summed E-state index contributed by atoms with van der Waals surface area (Å²) in [6.45, 7) is 0. The third-order valence-electron chi connectivity index (χ3n) is 3.92. The van der Waals surface area contributed by atoms with Gasteiger partial charge in [0.05, 0.1) is 5.56 Å². The molecule has 0 radical (unpaired) electrons. The molecular weight excluding hydrogens is 298 g/mol. The summed E-state index contributed by atoms with van der Waals surface area (Å²) < 4.78 is 5.40. The summed E-state index contributed by atoms with van der Waals surface area (Å²) in [5.41, 5.74) is 3.73. The summed E-state index contributed by atoms with van der Waals surface area (Å²) in [6, 6.07) is 26.7. The lowest BCUT2D eigenvalue weighted by molar-refractivity contribution is 0.0735. The molecule has 0 saturated carbocycles. The van der Waals surface area contributed by atoms with Crippen molar-refractivity contribution in [3.63, 3.8) is 0 Å². The normalized spacial score (nSPS) is 10.7. The number of carbonyl (C=O) groups excluding carboxylic acids is 1. The molecule has 4 rings (SSSR count). The van der Waals surface area contributed by atoms with Crippen LogP contribution in [0.2, 0.25) is 0 Å². The van der Waals surface area contributed by atoms with Crippen molar-refractivity contribution in [3.8, 4) is 17.0 Å². The van der Waals surface area contributed by atoms with Crippen molar-refractivity contribution in [3.05, 3.63) is 90.5 Å². The average molecular weight is 313 g/mol. The number of rotatable bonds is 3. The second-order valence-electron chi connectivity index (χ2n) is 5.55. The van der Waals surface area contributed by atoms with Crippen molar-refractivity contribution in [1.82, 2.24) is 4.98 Å². The maximum absolute atomic E-state index is 12.1. The van der Waals surface area contributed by atoms with Gasteiger partial charge in [0.15, 0.2) is 0 Å². The highest BCUT2D eigenvalue weighted by Gasteiger charge is 2.08. The molecular formula is C21H15NO2.